The van der Waals surface area contributed by atoms with E-state index in [0.29, 0.717) is 12.1 Å². The number of carbonyl (C=O) groups is 1. The number of imidazole rings is 1. The zero-order valence-electron chi connectivity index (χ0n) is 15.9. The van der Waals surface area contributed by atoms with E-state index in [0.717, 1.165) is 16.9 Å². The Balaban J connectivity index is 1.51. The average molecular weight is 423 g/mol. The van der Waals surface area contributed by atoms with Crippen molar-refractivity contribution in [3.63, 3.8) is 0 Å². The predicted molar refractivity (Wildman–Crippen MR) is 107 cm³/mol. The summed E-state index contributed by atoms with van der Waals surface area (Å²) in [6.07, 6.45) is -4.72. The SMILES string of the molecule is CC(SCC(=O)N(C)Cc1ccc(OC(F)(F)F)cc1)c1nc2ccccc2[nH]1. The minimum absolute atomic E-state index is 0.0125. The number of ether oxygens (including phenoxy) is 1. The van der Waals surface area contributed by atoms with Crippen molar-refractivity contribution >= 4 is 28.7 Å². The van der Waals surface area contributed by atoms with Gasteiger partial charge in [-0.05, 0) is 36.8 Å². The quantitative estimate of drug-likeness (QED) is 0.586. The predicted octanol–water partition coefficient (Wildman–Crippen LogP) is 4.91. The summed E-state index contributed by atoms with van der Waals surface area (Å²) in [5.41, 5.74) is 2.55. The van der Waals surface area contributed by atoms with Crippen LogP contribution < -0.4 is 4.74 Å². The van der Waals surface area contributed by atoms with E-state index in [-0.39, 0.29) is 22.7 Å². The summed E-state index contributed by atoms with van der Waals surface area (Å²) in [6.45, 7) is 2.28. The van der Waals surface area contributed by atoms with Crippen molar-refractivity contribution in [2.45, 2.75) is 25.1 Å². The Kier molecular flexibility index (Phi) is 6.36. The Hall–Kier alpha value is -2.68. The number of hydrogen-bond donors (Lipinski definition) is 1. The molecule has 0 saturated carbocycles. The summed E-state index contributed by atoms with van der Waals surface area (Å²) in [7, 11) is 1.66. The molecule has 0 radical (unpaired) electrons. The van der Waals surface area contributed by atoms with Crippen LogP contribution in [0.1, 0.15) is 23.6 Å². The van der Waals surface area contributed by atoms with Gasteiger partial charge in [0.05, 0.1) is 22.0 Å². The van der Waals surface area contributed by atoms with Crippen LogP contribution in [0.5, 0.6) is 5.75 Å². The number of fused-ring (bicyclic) bond motifs is 1. The number of aromatic nitrogens is 2. The average Bonchev–Trinajstić information content (AvgIpc) is 3.10. The lowest BCUT2D eigenvalue weighted by molar-refractivity contribution is -0.274. The molecule has 1 atom stereocenters. The lowest BCUT2D eigenvalue weighted by Gasteiger charge is -2.18. The van der Waals surface area contributed by atoms with E-state index in [1.807, 2.05) is 31.2 Å². The zero-order chi connectivity index (χ0) is 21.0. The summed E-state index contributed by atoms with van der Waals surface area (Å²) in [6, 6.07) is 13.2. The number of para-hydroxylation sites is 2. The van der Waals surface area contributed by atoms with E-state index in [9.17, 15) is 18.0 Å². The van der Waals surface area contributed by atoms with Gasteiger partial charge in [-0.25, -0.2) is 4.98 Å². The molecule has 2 aromatic carbocycles. The van der Waals surface area contributed by atoms with Gasteiger partial charge in [0.15, 0.2) is 0 Å². The molecular formula is C20H20F3N3O2S. The van der Waals surface area contributed by atoms with Gasteiger partial charge in [-0.1, -0.05) is 24.3 Å². The molecule has 0 spiro atoms. The van der Waals surface area contributed by atoms with E-state index < -0.39 is 6.36 Å². The number of nitrogens with zero attached hydrogens (tertiary/aromatic N) is 2. The van der Waals surface area contributed by atoms with Crippen molar-refractivity contribution in [3.8, 4) is 5.75 Å². The zero-order valence-corrected chi connectivity index (χ0v) is 16.7. The number of nitrogens with one attached hydrogen (secondary N) is 1. The molecule has 29 heavy (non-hydrogen) atoms. The van der Waals surface area contributed by atoms with Crippen LogP contribution >= 0.6 is 11.8 Å². The van der Waals surface area contributed by atoms with Gasteiger partial charge in [0.1, 0.15) is 11.6 Å². The second kappa shape index (κ2) is 8.77. The Labute approximate surface area is 170 Å². The van der Waals surface area contributed by atoms with E-state index in [1.165, 1.54) is 40.9 Å². The number of halogens is 3. The topological polar surface area (TPSA) is 58.2 Å². The fourth-order valence-electron chi connectivity index (χ4n) is 2.71. The molecule has 0 aliphatic rings. The van der Waals surface area contributed by atoms with Crippen molar-refractivity contribution in [3.05, 3.63) is 59.9 Å². The van der Waals surface area contributed by atoms with Crippen molar-refractivity contribution < 1.29 is 22.7 Å². The number of rotatable bonds is 7. The number of thioether (sulfide) groups is 1. The van der Waals surface area contributed by atoms with Gasteiger partial charge in [0.2, 0.25) is 5.91 Å². The highest BCUT2D eigenvalue weighted by Gasteiger charge is 2.31. The molecule has 1 unspecified atom stereocenters. The molecule has 0 saturated heterocycles. The third-order valence-electron chi connectivity index (χ3n) is 4.25. The van der Waals surface area contributed by atoms with Crippen molar-refractivity contribution in [1.29, 1.82) is 0 Å². The van der Waals surface area contributed by atoms with Crippen LogP contribution in [0.2, 0.25) is 0 Å². The maximum atomic E-state index is 12.4. The van der Waals surface area contributed by atoms with Crippen LogP contribution in [0.3, 0.4) is 0 Å². The highest BCUT2D eigenvalue weighted by molar-refractivity contribution is 8.00. The van der Waals surface area contributed by atoms with E-state index in [1.54, 1.807) is 7.05 Å². The second-order valence-electron chi connectivity index (χ2n) is 6.53. The number of aromatic amines is 1. The number of benzene rings is 2. The Morgan fingerprint density at radius 1 is 1.21 bits per heavy atom. The normalized spacial score (nSPS) is 12.7. The smallest absolute Gasteiger partial charge is 0.406 e. The number of hydrogen-bond acceptors (Lipinski definition) is 4. The monoisotopic (exact) mass is 423 g/mol. The molecule has 0 fully saturated rings. The largest absolute Gasteiger partial charge is 0.573 e. The van der Waals surface area contributed by atoms with Crippen LogP contribution in [-0.4, -0.2) is 39.9 Å². The fraction of sp³-hybridized carbons (Fsp3) is 0.300. The van der Waals surface area contributed by atoms with Crippen LogP contribution in [-0.2, 0) is 11.3 Å². The first kappa shape index (κ1) is 21.0. The molecule has 154 valence electrons. The lowest BCUT2D eigenvalue weighted by Crippen LogP contribution is -2.28. The first-order valence-electron chi connectivity index (χ1n) is 8.86. The molecule has 1 amide bonds. The van der Waals surface area contributed by atoms with E-state index in [2.05, 4.69) is 14.7 Å². The van der Waals surface area contributed by atoms with Gasteiger partial charge in [-0.15, -0.1) is 24.9 Å². The molecule has 1 heterocycles. The highest BCUT2D eigenvalue weighted by atomic mass is 32.2. The fourth-order valence-corrected chi connectivity index (χ4v) is 3.59. The summed E-state index contributed by atoms with van der Waals surface area (Å²) in [4.78, 5) is 21.8. The van der Waals surface area contributed by atoms with Crippen LogP contribution in [0.25, 0.3) is 11.0 Å². The molecule has 5 nitrogen and oxygen atoms in total. The third-order valence-corrected chi connectivity index (χ3v) is 5.39. The van der Waals surface area contributed by atoms with Crippen molar-refractivity contribution in [1.82, 2.24) is 14.9 Å². The van der Waals surface area contributed by atoms with Crippen LogP contribution in [0.4, 0.5) is 13.2 Å². The van der Waals surface area contributed by atoms with E-state index in [4.69, 9.17) is 0 Å². The molecule has 3 aromatic rings. The first-order valence-corrected chi connectivity index (χ1v) is 9.91. The molecule has 0 aliphatic heterocycles. The number of amides is 1. The molecule has 1 aromatic heterocycles. The van der Waals surface area contributed by atoms with Gasteiger partial charge in [-0.2, -0.15) is 0 Å². The standard InChI is InChI=1S/C20H20F3N3O2S/c1-13(19-24-16-5-3-4-6-17(16)25-19)29-12-18(27)26(2)11-14-7-9-15(10-8-14)28-20(21,22)23/h3-10,13H,11-12H2,1-2H3,(H,24,25). The van der Waals surface area contributed by atoms with E-state index >= 15 is 0 Å². The lowest BCUT2D eigenvalue weighted by atomic mass is 10.2. The third kappa shape index (κ3) is 5.90. The molecule has 9 heteroatoms. The first-order chi connectivity index (χ1) is 13.7. The van der Waals surface area contributed by atoms with Gasteiger partial charge < -0.3 is 14.6 Å². The molecule has 0 aliphatic carbocycles. The van der Waals surface area contributed by atoms with Crippen LogP contribution in [0, 0.1) is 0 Å². The Bertz CT molecular complexity index is 940. The van der Waals surface area contributed by atoms with Gasteiger partial charge in [0, 0.05) is 13.6 Å². The Morgan fingerprint density at radius 3 is 2.55 bits per heavy atom. The van der Waals surface area contributed by atoms with Gasteiger partial charge >= 0.3 is 6.36 Å². The van der Waals surface area contributed by atoms with Gasteiger partial charge in [0.25, 0.3) is 0 Å². The van der Waals surface area contributed by atoms with Gasteiger partial charge in [-0.3, -0.25) is 4.79 Å². The van der Waals surface area contributed by atoms with Crippen molar-refractivity contribution in [2.24, 2.45) is 0 Å². The second-order valence-corrected chi connectivity index (χ2v) is 7.86. The Morgan fingerprint density at radius 2 is 1.90 bits per heavy atom. The van der Waals surface area contributed by atoms with Crippen LogP contribution in [0.15, 0.2) is 48.5 Å². The molecular weight excluding hydrogens is 403 g/mol. The summed E-state index contributed by atoms with van der Waals surface area (Å²) < 4.78 is 40.5. The molecule has 1 N–H and O–H groups in total. The minimum Gasteiger partial charge on any atom is -0.406 e. The molecule has 0 bridgehead atoms. The molecule has 3 rings (SSSR count). The number of H-pyrrole nitrogens is 1. The number of carbonyl (C=O) groups excluding carboxylic acids is 1. The highest BCUT2D eigenvalue weighted by Crippen LogP contribution is 2.28. The summed E-state index contributed by atoms with van der Waals surface area (Å²) in [5, 5.41) is 0.0125. The van der Waals surface area contributed by atoms with Crippen molar-refractivity contribution in [2.75, 3.05) is 12.8 Å². The summed E-state index contributed by atoms with van der Waals surface area (Å²) in [5.74, 6) is 0.718. The summed E-state index contributed by atoms with van der Waals surface area (Å²) >= 11 is 1.47. The number of alkyl halides is 3. The maximum absolute atomic E-state index is 12.4. The minimum atomic E-state index is -4.72. The maximum Gasteiger partial charge on any atom is 0.573 e.